The quantitative estimate of drug-likeness (QED) is 0.760. The van der Waals surface area contributed by atoms with Crippen LogP contribution in [0.3, 0.4) is 0 Å². The first-order valence-corrected chi connectivity index (χ1v) is 8.33. The van der Waals surface area contributed by atoms with Crippen LogP contribution in [0.2, 0.25) is 0 Å². The first-order valence-electron chi connectivity index (χ1n) is 7.45. The van der Waals surface area contributed by atoms with Gasteiger partial charge in [-0.2, -0.15) is 0 Å². The van der Waals surface area contributed by atoms with Crippen molar-refractivity contribution in [3.8, 4) is 0 Å². The van der Waals surface area contributed by atoms with Gasteiger partial charge in [0.2, 0.25) is 0 Å². The highest BCUT2D eigenvalue weighted by molar-refractivity contribution is 7.10. The molecule has 0 aliphatic heterocycles. The molecule has 4 heteroatoms. The molecule has 1 atom stereocenters. The lowest BCUT2D eigenvalue weighted by atomic mass is 10.1. The molecule has 3 rings (SSSR count). The number of fused-ring (bicyclic) bond motifs is 1. The van der Waals surface area contributed by atoms with E-state index < -0.39 is 0 Å². The summed E-state index contributed by atoms with van der Waals surface area (Å²) in [5, 5.41) is 6.85. The minimum atomic E-state index is 0.355. The molecular formula is C18H21N3S. The van der Waals surface area contributed by atoms with Crippen molar-refractivity contribution in [3.05, 3.63) is 58.3 Å². The van der Waals surface area contributed by atoms with Crippen LogP contribution in [0.15, 0.2) is 47.8 Å². The third-order valence-electron chi connectivity index (χ3n) is 3.89. The lowest BCUT2D eigenvalue weighted by Gasteiger charge is -2.24. The summed E-state index contributed by atoms with van der Waals surface area (Å²) in [5.41, 5.74) is 2.30. The lowest BCUT2D eigenvalue weighted by molar-refractivity contribution is 0.316. The van der Waals surface area contributed by atoms with Crippen LogP contribution in [0.1, 0.15) is 16.5 Å². The van der Waals surface area contributed by atoms with E-state index in [1.165, 1.54) is 15.8 Å². The van der Waals surface area contributed by atoms with Crippen molar-refractivity contribution < 1.29 is 0 Å². The summed E-state index contributed by atoms with van der Waals surface area (Å²) in [4.78, 5) is 8.34. The number of pyridine rings is 1. The monoisotopic (exact) mass is 311 g/mol. The van der Waals surface area contributed by atoms with E-state index in [0.29, 0.717) is 6.04 Å². The van der Waals surface area contributed by atoms with E-state index in [4.69, 9.17) is 4.98 Å². The number of hydrogen-bond donors (Lipinski definition) is 1. The first kappa shape index (κ1) is 15.0. The molecule has 3 nitrogen and oxygen atoms in total. The molecule has 2 heterocycles. The van der Waals surface area contributed by atoms with E-state index in [-0.39, 0.29) is 0 Å². The Bertz CT molecular complexity index is 750. The molecule has 0 saturated heterocycles. The fourth-order valence-corrected chi connectivity index (χ4v) is 3.58. The average molecular weight is 311 g/mol. The summed E-state index contributed by atoms with van der Waals surface area (Å²) in [7, 11) is 4.23. The van der Waals surface area contributed by atoms with Crippen LogP contribution in [0, 0.1) is 6.92 Å². The molecule has 1 aromatic carbocycles. The number of benzene rings is 1. The summed E-state index contributed by atoms with van der Waals surface area (Å²) < 4.78 is 0. The number of rotatable bonds is 5. The Kier molecular flexibility index (Phi) is 4.41. The van der Waals surface area contributed by atoms with Crippen LogP contribution < -0.4 is 5.32 Å². The van der Waals surface area contributed by atoms with Gasteiger partial charge in [0.15, 0.2) is 0 Å². The molecule has 0 fully saturated rings. The predicted octanol–water partition coefficient (Wildman–Crippen LogP) is 4.32. The Morgan fingerprint density at radius 2 is 2.00 bits per heavy atom. The van der Waals surface area contributed by atoms with Crippen molar-refractivity contribution in [2.45, 2.75) is 13.0 Å². The largest absolute Gasteiger partial charge is 0.368 e. The van der Waals surface area contributed by atoms with Gasteiger partial charge in [-0.05, 0) is 50.2 Å². The summed E-state index contributed by atoms with van der Waals surface area (Å²) >= 11 is 1.80. The smallest absolute Gasteiger partial charge is 0.126 e. The van der Waals surface area contributed by atoms with E-state index in [1.807, 2.05) is 6.07 Å². The van der Waals surface area contributed by atoms with Gasteiger partial charge in [0.05, 0.1) is 11.6 Å². The Hall–Kier alpha value is -1.91. The van der Waals surface area contributed by atoms with Gasteiger partial charge in [-0.15, -0.1) is 11.3 Å². The highest BCUT2D eigenvalue weighted by atomic mass is 32.1. The molecule has 3 aromatic rings. The van der Waals surface area contributed by atoms with Gasteiger partial charge in [-0.3, -0.25) is 0 Å². The van der Waals surface area contributed by atoms with Crippen molar-refractivity contribution >= 4 is 28.1 Å². The normalized spacial score (nSPS) is 12.7. The fourth-order valence-electron chi connectivity index (χ4n) is 2.66. The van der Waals surface area contributed by atoms with Gasteiger partial charge < -0.3 is 10.2 Å². The maximum Gasteiger partial charge on any atom is 0.126 e. The molecule has 0 aliphatic rings. The van der Waals surface area contributed by atoms with Gasteiger partial charge >= 0.3 is 0 Å². The van der Waals surface area contributed by atoms with Crippen LogP contribution in [0.25, 0.3) is 10.9 Å². The molecular weight excluding hydrogens is 290 g/mol. The maximum atomic E-state index is 4.72. The number of nitrogens with zero attached hydrogens (tertiary/aromatic N) is 2. The Morgan fingerprint density at radius 3 is 2.73 bits per heavy atom. The minimum Gasteiger partial charge on any atom is -0.368 e. The number of anilines is 1. The van der Waals surface area contributed by atoms with Crippen LogP contribution in [-0.2, 0) is 0 Å². The molecule has 2 aromatic heterocycles. The van der Waals surface area contributed by atoms with Gasteiger partial charge in [-0.1, -0.05) is 24.3 Å². The van der Waals surface area contributed by atoms with Crippen LogP contribution in [0.5, 0.6) is 0 Å². The molecule has 0 radical (unpaired) electrons. The third-order valence-corrected chi connectivity index (χ3v) is 4.87. The van der Waals surface area contributed by atoms with E-state index >= 15 is 0 Å². The van der Waals surface area contributed by atoms with Crippen LogP contribution >= 0.6 is 11.3 Å². The van der Waals surface area contributed by atoms with Gasteiger partial charge in [-0.25, -0.2) is 4.98 Å². The standard InChI is InChI=1S/C18H21N3S/c1-13-11-18(20-15-8-5-4-7-14(13)15)19-12-16(21(2)3)17-9-6-10-22-17/h4-11,16H,12H2,1-3H3,(H,19,20). The molecule has 0 spiro atoms. The zero-order chi connectivity index (χ0) is 15.5. The van der Waals surface area contributed by atoms with Gasteiger partial charge in [0.1, 0.15) is 5.82 Å². The SMILES string of the molecule is Cc1cc(NCC(c2cccs2)N(C)C)nc2ccccc12. The summed E-state index contributed by atoms with van der Waals surface area (Å²) in [6.45, 7) is 2.98. The highest BCUT2D eigenvalue weighted by Crippen LogP contribution is 2.24. The Balaban J connectivity index is 1.81. The zero-order valence-corrected chi connectivity index (χ0v) is 14.0. The molecule has 114 valence electrons. The fraction of sp³-hybridized carbons (Fsp3) is 0.278. The summed E-state index contributed by atoms with van der Waals surface area (Å²) in [6.07, 6.45) is 0. The number of thiophene rings is 1. The van der Waals surface area contributed by atoms with Crippen LogP contribution in [0.4, 0.5) is 5.82 Å². The van der Waals surface area contributed by atoms with E-state index in [0.717, 1.165) is 17.9 Å². The zero-order valence-electron chi connectivity index (χ0n) is 13.2. The van der Waals surface area contributed by atoms with E-state index in [2.05, 4.69) is 73.0 Å². The average Bonchev–Trinajstić information content (AvgIpc) is 3.01. The maximum absolute atomic E-state index is 4.72. The van der Waals surface area contributed by atoms with Gasteiger partial charge in [0.25, 0.3) is 0 Å². The second-order valence-corrected chi connectivity index (χ2v) is 6.70. The lowest BCUT2D eigenvalue weighted by Crippen LogP contribution is -2.26. The Labute approximate surface area is 135 Å². The first-order chi connectivity index (χ1) is 10.6. The molecule has 1 N–H and O–H groups in total. The molecule has 0 saturated carbocycles. The predicted molar refractivity (Wildman–Crippen MR) is 95.7 cm³/mol. The minimum absolute atomic E-state index is 0.355. The number of aryl methyl sites for hydroxylation is 1. The number of nitrogens with one attached hydrogen (secondary N) is 1. The molecule has 22 heavy (non-hydrogen) atoms. The Morgan fingerprint density at radius 1 is 1.18 bits per heavy atom. The van der Waals surface area contributed by atoms with Crippen LogP contribution in [-0.4, -0.2) is 30.5 Å². The number of likely N-dealkylation sites (N-methyl/N-ethyl adjacent to an activating group) is 1. The van der Waals surface area contributed by atoms with Crippen molar-refractivity contribution in [3.63, 3.8) is 0 Å². The highest BCUT2D eigenvalue weighted by Gasteiger charge is 2.15. The number of aromatic nitrogens is 1. The van der Waals surface area contributed by atoms with Crippen molar-refractivity contribution in [1.29, 1.82) is 0 Å². The third kappa shape index (κ3) is 3.13. The summed E-state index contributed by atoms with van der Waals surface area (Å²) in [5.74, 6) is 0.944. The second-order valence-electron chi connectivity index (χ2n) is 5.72. The van der Waals surface area contributed by atoms with Gasteiger partial charge in [0, 0.05) is 16.8 Å². The topological polar surface area (TPSA) is 28.2 Å². The van der Waals surface area contributed by atoms with Crippen molar-refractivity contribution in [2.24, 2.45) is 0 Å². The van der Waals surface area contributed by atoms with Crippen molar-refractivity contribution in [1.82, 2.24) is 9.88 Å². The number of hydrogen-bond acceptors (Lipinski definition) is 4. The molecule has 0 aliphatic carbocycles. The van der Waals surface area contributed by atoms with Crippen molar-refractivity contribution in [2.75, 3.05) is 26.0 Å². The molecule has 0 bridgehead atoms. The second kappa shape index (κ2) is 6.46. The molecule has 0 amide bonds. The van der Waals surface area contributed by atoms with E-state index in [1.54, 1.807) is 11.3 Å². The van der Waals surface area contributed by atoms with E-state index in [9.17, 15) is 0 Å². The molecule has 1 unspecified atom stereocenters. The summed E-state index contributed by atoms with van der Waals surface area (Å²) in [6, 6.07) is 15.1. The number of para-hydroxylation sites is 1.